The molecule has 0 bridgehead atoms. The SMILES string of the molecule is CCNC(=NCC(O)c1ccc(Cl)cc1)N1CCC(CN2CCOCC2)C1.I. The maximum Gasteiger partial charge on any atom is 0.194 e. The Morgan fingerprint density at radius 2 is 2.00 bits per heavy atom. The number of nitrogens with one attached hydrogen (secondary N) is 1. The van der Waals surface area contributed by atoms with E-state index < -0.39 is 6.10 Å². The molecule has 3 rings (SSSR count). The third-order valence-corrected chi connectivity index (χ3v) is 5.46. The van der Waals surface area contributed by atoms with Crippen molar-refractivity contribution < 1.29 is 9.84 Å². The molecule has 8 heteroatoms. The van der Waals surface area contributed by atoms with Crippen LogP contribution in [0.4, 0.5) is 0 Å². The minimum absolute atomic E-state index is 0. The predicted molar refractivity (Wildman–Crippen MR) is 125 cm³/mol. The van der Waals surface area contributed by atoms with E-state index in [0.717, 1.165) is 64.0 Å². The smallest absolute Gasteiger partial charge is 0.194 e. The molecule has 2 saturated heterocycles. The summed E-state index contributed by atoms with van der Waals surface area (Å²) in [5.74, 6) is 1.56. The van der Waals surface area contributed by atoms with E-state index in [9.17, 15) is 5.11 Å². The number of aliphatic hydroxyl groups excluding tert-OH is 1. The van der Waals surface area contributed by atoms with E-state index in [1.54, 1.807) is 12.1 Å². The number of nitrogens with zero attached hydrogens (tertiary/aromatic N) is 3. The standard InChI is InChI=1S/C20H31ClN4O2.HI/c1-2-22-20(23-13-19(26)17-3-5-18(21)6-4-17)25-8-7-16(15-25)14-24-9-11-27-12-10-24;/h3-6,16,19,26H,2,7-15H2,1H3,(H,22,23);1H. The molecule has 2 fully saturated rings. The zero-order valence-corrected chi connectivity index (χ0v) is 19.6. The molecule has 2 aliphatic rings. The van der Waals surface area contributed by atoms with Gasteiger partial charge >= 0.3 is 0 Å². The van der Waals surface area contributed by atoms with Gasteiger partial charge in [-0.25, -0.2) is 0 Å². The van der Waals surface area contributed by atoms with Crippen molar-refractivity contribution in [3.05, 3.63) is 34.9 Å². The van der Waals surface area contributed by atoms with Crippen LogP contribution < -0.4 is 5.32 Å². The highest BCUT2D eigenvalue weighted by molar-refractivity contribution is 14.0. The Balaban J connectivity index is 0.00000280. The summed E-state index contributed by atoms with van der Waals surface area (Å²) in [6, 6.07) is 7.30. The fourth-order valence-corrected chi connectivity index (χ4v) is 3.84. The second-order valence-corrected chi connectivity index (χ2v) is 7.71. The number of hydrogen-bond acceptors (Lipinski definition) is 4. The third-order valence-electron chi connectivity index (χ3n) is 5.21. The zero-order chi connectivity index (χ0) is 19.1. The Bertz CT molecular complexity index is 611. The van der Waals surface area contributed by atoms with Gasteiger partial charge in [-0.2, -0.15) is 0 Å². The van der Waals surface area contributed by atoms with Crippen LogP contribution in [-0.4, -0.2) is 79.9 Å². The number of rotatable bonds is 6. The first-order valence-corrected chi connectivity index (χ1v) is 10.3. The normalized spacial score (nSPS) is 22.0. The lowest BCUT2D eigenvalue weighted by molar-refractivity contribution is 0.0315. The summed E-state index contributed by atoms with van der Waals surface area (Å²) in [5.41, 5.74) is 0.839. The lowest BCUT2D eigenvalue weighted by Gasteiger charge is -2.29. The molecule has 2 atom stereocenters. The van der Waals surface area contributed by atoms with Crippen molar-refractivity contribution in [2.24, 2.45) is 10.9 Å². The van der Waals surface area contributed by atoms with Crippen LogP contribution in [0.1, 0.15) is 25.0 Å². The van der Waals surface area contributed by atoms with Gasteiger partial charge in [-0.15, -0.1) is 24.0 Å². The van der Waals surface area contributed by atoms with Crippen molar-refractivity contribution in [1.29, 1.82) is 0 Å². The first-order valence-electron chi connectivity index (χ1n) is 9.92. The molecule has 0 saturated carbocycles. The van der Waals surface area contributed by atoms with Gasteiger partial charge in [0.25, 0.3) is 0 Å². The third kappa shape index (κ3) is 7.02. The Kier molecular flexibility index (Phi) is 10.3. The van der Waals surface area contributed by atoms with Crippen LogP contribution in [-0.2, 0) is 4.74 Å². The van der Waals surface area contributed by atoms with E-state index in [1.165, 1.54) is 6.42 Å². The molecule has 0 amide bonds. The molecular formula is C20H32ClIN4O2. The summed E-state index contributed by atoms with van der Waals surface area (Å²) < 4.78 is 5.44. The van der Waals surface area contributed by atoms with Crippen LogP contribution in [0.25, 0.3) is 0 Å². The van der Waals surface area contributed by atoms with Crippen molar-refractivity contribution in [2.75, 3.05) is 59.0 Å². The Labute approximate surface area is 190 Å². The number of benzene rings is 1. The van der Waals surface area contributed by atoms with Crippen LogP contribution >= 0.6 is 35.6 Å². The van der Waals surface area contributed by atoms with Crippen molar-refractivity contribution in [3.8, 4) is 0 Å². The van der Waals surface area contributed by atoms with Gasteiger partial charge in [-0.1, -0.05) is 23.7 Å². The van der Waals surface area contributed by atoms with E-state index in [0.29, 0.717) is 17.5 Å². The topological polar surface area (TPSA) is 60.3 Å². The van der Waals surface area contributed by atoms with Gasteiger partial charge < -0.3 is 20.1 Å². The number of halogens is 2. The van der Waals surface area contributed by atoms with Crippen LogP contribution in [0.3, 0.4) is 0 Å². The zero-order valence-electron chi connectivity index (χ0n) is 16.5. The summed E-state index contributed by atoms with van der Waals surface area (Å²) in [5, 5.41) is 14.5. The molecule has 2 aliphatic heterocycles. The van der Waals surface area contributed by atoms with Gasteiger partial charge in [0.2, 0.25) is 0 Å². The Hall–Kier alpha value is -0.610. The first-order chi connectivity index (χ1) is 13.2. The van der Waals surface area contributed by atoms with Gasteiger partial charge in [0.05, 0.1) is 25.9 Å². The number of morpholine rings is 1. The molecule has 0 aliphatic carbocycles. The van der Waals surface area contributed by atoms with Gasteiger partial charge in [0.15, 0.2) is 5.96 Å². The number of aliphatic hydroxyl groups is 1. The quantitative estimate of drug-likeness (QED) is 0.342. The first kappa shape index (κ1) is 23.7. The number of ether oxygens (including phenoxy) is 1. The molecule has 0 spiro atoms. The average molecular weight is 523 g/mol. The lowest BCUT2D eigenvalue weighted by Crippen LogP contribution is -2.42. The average Bonchev–Trinajstić information content (AvgIpc) is 3.14. The molecule has 158 valence electrons. The number of aliphatic imine (C=N–C) groups is 1. The van der Waals surface area contributed by atoms with E-state index in [2.05, 4.69) is 22.0 Å². The fraction of sp³-hybridized carbons (Fsp3) is 0.650. The van der Waals surface area contributed by atoms with Gasteiger partial charge in [0.1, 0.15) is 0 Å². The molecule has 0 radical (unpaired) electrons. The molecule has 0 aromatic heterocycles. The number of hydrogen-bond donors (Lipinski definition) is 2. The van der Waals surface area contributed by atoms with Crippen LogP contribution in [0.5, 0.6) is 0 Å². The minimum Gasteiger partial charge on any atom is -0.386 e. The van der Waals surface area contributed by atoms with Crippen molar-refractivity contribution >= 4 is 41.5 Å². The van der Waals surface area contributed by atoms with E-state index >= 15 is 0 Å². The van der Waals surface area contributed by atoms with Crippen LogP contribution in [0, 0.1) is 5.92 Å². The summed E-state index contributed by atoms with van der Waals surface area (Å²) in [4.78, 5) is 9.52. The van der Waals surface area contributed by atoms with Crippen LogP contribution in [0.2, 0.25) is 5.02 Å². The van der Waals surface area contributed by atoms with Crippen molar-refractivity contribution in [1.82, 2.24) is 15.1 Å². The van der Waals surface area contributed by atoms with E-state index in [4.69, 9.17) is 21.3 Å². The highest BCUT2D eigenvalue weighted by Crippen LogP contribution is 2.20. The van der Waals surface area contributed by atoms with Crippen molar-refractivity contribution in [2.45, 2.75) is 19.4 Å². The van der Waals surface area contributed by atoms with E-state index in [-0.39, 0.29) is 24.0 Å². The summed E-state index contributed by atoms with van der Waals surface area (Å²) in [7, 11) is 0. The second kappa shape index (κ2) is 12.2. The molecule has 28 heavy (non-hydrogen) atoms. The molecule has 1 aromatic carbocycles. The van der Waals surface area contributed by atoms with Gasteiger partial charge in [-0.05, 0) is 37.0 Å². The monoisotopic (exact) mass is 522 g/mol. The fourth-order valence-electron chi connectivity index (χ4n) is 3.71. The molecule has 2 heterocycles. The maximum atomic E-state index is 10.4. The maximum absolute atomic E-state index is 10.4. The minimum atomic E-state index is -0.623. The number of guanidine groups is 1. The Morgan fingerprint density at radius 1 is 1.29 bits per heavy atom. The largest absolute Gasteiger partial charge is 0.386 e. The van der Waals surface area contributed by atoms with Gasteiger partial charge in [-0.3, -0.25) is 9.89 Å². The summed E-state index contributed by atoms with van der Waals surface area (Å²) >= 11 is 5.92. The molecule has 2 N–H and O–H groups in total. The summed E-state index contributed by atoms with van der Waals surface area (Å²) in [6.45, 7) is 10.2. The van der Waals surface area contributed by atoms with Crippen LogP contribution in [0.15, 0.2) is 29.3 Å². The van der Waals surface area contributed by atoms with Crippen molar-refractivity contribution in [3.63, 3.8) is 0 Å². The Morgan fingerprint density at radius 3 is 2.68 bits per heavy atom. The summed E-state index contributed by atoms with van der Waals surface area (Å²) in [6.07, 6.45) is 0.560. The lowest BCUT2D eigenvalue weighted by atomic mass is 10.1. The molecule has 1 aromatic rings. The second-order valence-electron chi connectivity index (χ2n) is 7.28. The highest BCUT2D eigenvalue weighted by atomic mass is 127. The number of likely N-dealkylation sites (tertiary alicyclic amines) is 1. The highest BCUT2D eigenvalue weighted by Gasteiger charge is 2.27. The van der Waals surface area contributed by atoms with E-state index in [1.807, 2.05) is 12.1 Å². The van der Waals surface area contributed by atoms with Gasteiger partial charge in [0, 0.05) is 44.3 Å². The molecular weight excluding hydrogens is 491 g/mol. The molecule has 2 unspecified atom stereocenters. The predicted octanol–water partition coefficient (Wildman–Crippen LogP) is 2.61. The molecule has 6 nitrogen and oxygen atoms in total.